The van der Waals surface area contributed by atoms with Gasteiger partial charge >= 0.3 is 0 Å². The zero-order chi connectivity index (χ0) is 13.5. The van der Waals surface area contributed by atoms with E-state index < -0.39 is 0 Å². The minimum Gasteiger partial charge on any atom is -0.464 e. The Bertz CT molecular complexity index is 595. The standard InChI is InChI=1S/C16H21N3O/c1-19-12-2-3-13(19)9-11(8-12)10-18-16-14-5-7-20-15(14)4-6-17-16/h4-7,11-13H,2-3,8-10H2,1H3,(H,17,18). The van der Waals surface area contributed by atoms with Gasteiger partial charge in [0, 0.05) is 24.8 Å². The maximum Gasteiger partial charge on any atom is 0.139 e. The highest BCUT2D eigenvalue weighted by atomic mass is 16.3. The zero-order valence-corrected chi connectivity index (χ0v) is 11.9. The first-order valence-corrected chi connectivity index (χ1v) is 7.59. The number of furan rings is 1. The fourth-order valence-corrected chi connectivity index (χ4v) is 3.97. The molecule has 4 nitrogen and oxygen atoms in total. The van der Waals surface area contributed by atoms with E-state index in [9.17, 15) is 0 Å². The summed E-state index contributed by atoms with van der Waals surface area (Å²) in [6, 6.07) is 5.51. The number of fused-ring (bicyclic) bond motifs is 3. The molecule has 2 saturated heterocycles. The van der Waals surface area contributed by atoms with Crippen LogP contribution in [0.25, 0.3) is 11.0 Å². The lowest BCUT2D eigenvalue weighted by atomic mass is 9.91. The molecule has 4 heteroatoms. The fourth-order valence-electron chi connectivity index (χ4n) is 3.97. The fraction of sp³-hybridized carbons (Fsp3) is 0.562. The van der Waals surface area contributed by atoms with Crippen molar-refractivity contribution in [3.63, 3.8) is 0 Å². The summed E-state index contributed by atoms with van der Waals surface area (Å²) in [6.45, 7) is 1.03. The molecule has 0 saturated carbocycles. The number of pyridine rings is 1. The molecule has 20 heavy (non-hydrogen) atoms. The molecule has 2 aliphatic rings. The summed E-state index contributed by atoms with van der Waals surface area (Å²) < 4.78 is 5.42. The van der Waals surface area contributed by atoms with E-state index in [1.807, 2.05) is 18.3 Å². The van der Waals surface area contributed by atoms with Gasteiger partial charge in [-0.2, -0.15) is 0 Å². The third-order valence-electron chi connectivity index (χ3n) is 5.13. The number of piperidine rings is 1. The van der Waals surface area contributed by atoms with Crippen LogP contribution in [-0.4, -0.2) is 35.6 Å². The van der Waals surface area contributed by atoms with Crippen molar-refractivity contribution in [2.75, 3.05) is 18.9 Å². The SMILES string of the molecule is CN1C2CCC1CC(CNc1nccc3occc13)C2. The number of nitrogens with zero attached hydrogens (tertiary/aromatic N) is 2. The molecule has 0 spiro atoms. The molecule has 0 aromatic carbocycles. The van der Waals surface area contributed by atoms with E-state index >= 15 is 0 Å². The first-order chi connectivity index (χ1) is 9.81. The molecular weight excluding hydrogens is 250 g/mol. The average molecular weight is 271 g/mol. The summed E-state index contributed by atoms with van der Waals surface area (Å²) in [5.41, 5.74) is 0.908. The van der Waals surface area contributed by atoms with Gasteiger partial charge in [0.05, 0.1) is 11.6 Å². The van der Waals surface area contributed by atoms with E-state index in [0.717, 1.165) is 41.3 Å². The highest BCUT2D eigenvalue weighted by molar-refractivity contribution is 5.87. The number of rotatable bonds is 3. The molecule has 2 unspecified atom stereocenters. The van der Waals surface area contributed by atoms with Crippen molar-refractivity contribution in [3.8, 4) is 0 Å². The van der Waals surface area contributed by atoms with Gasteiger partial charge in [0.15, 0.2) is 0 Å². The lowest BCUT2D eigenvalue weighted by molar-refractivity contribution is 0.139. The Balaban J connectivity index is 1.45. The summed E-state index contributed by atoms with van der Waals surface area (Å²) in [7, 11) is 2.29. The molecule has 2 fully saturated rings. The predicted octanol–water partition coefficient (Wildman–Crippen LogP) is 3.11. The van der Waals surface area contributed by atoms with Crippen LogP contribution in [-0.2, 0) is 0 Å². The molecule has 0 radical (unpaired) electrons. The van der Waals surface area contributed by atoms with Crippen LogP contribution < -0.4 is 5.32 Å². The maximum atomic E-state index is 5.42. The number of hydrogen-bond donors (Lipinski definition) is 1. The second kappa shape index (κ2) is 4.77. The Morgan fingerprint density at radius 3 is 2.90 bits per heavy atom. The van der Waals surface area contributed by atoms with Crippen molar-refractivity contribution in [1.82, 2.24) is 9.88 Å². The first kappa shape index (κ1) is 12.2. The molecule has 4 rings (SSSR count). The Morgan fingerprint density at radius 2 is 2.10 bits per heavy atom. The van der Waals surface area contributed by atoms with Crippen molar-refractivity contribution in [2.45, 2.75) is 37.8 Å². The predicted molar refractivity (Wildman–Crippen MR) is 79.8 cm³/mol. The highest BCUT2D eigenvalue weighted by Crippen LogP contribution is 2.37. The van der Waals surface area contributed by atoms with Gasteiger partial charge in [-0.15, -0.1) is 0 Å². The minimum atomic E-state index is 0.771. The molecule has 4 heterocycles. The van der Waals surface area contributed by atoms with Gasteiger partial charge < -0.3 is 14.6 Å². The Labute approximate surface area is 119 Å². The van der Waals surface area contributed by atoms with E-state index in [1.54, 1.807) is 6.26 Å². The molecule has 2 aliphatic heterocycles. The zero-order valence-electron chi connectivity index (χ0n) is 11.9. The lowest BCUT2D eigenvalue weighted by Gasteiger charge is -2.36. The second-order valence-electron chi connectivity index (χ2n) is 6.26. The van der Waals surface area contributed by atoms with Gasteiger partial charge in [-0.1, -0.05) is 0 Å². The molecule has 0 amide bonds. The number of nitrogens with one attached hydrogen (secondary N) is 1. The Hall–Kier alpha value is -1.55. The van der Waals surface area contributed by atoms with Gasteiger partial charge in [0.25, 0.3) is 0 Å². The summed E-state index contributed by atoms with van der Waals surface area (Å²) in [6.07, 6.45) is 8.95. The van der Waals surface area contributed by atoms with Gasteiger partial charge in [-0.25, -0.2) is 4.98 Å². The molecule has 106 valence electrons. The highest BCUT2D eigenvalue weighted by Gasteiger charge is 2.38. The van der Waals surface area contributed by atoms with E-state index in [4.69, 9.17) is 4.42 Å². The smallest absolute Gasteiger partial charge is 0.139 e. The molecular formula is C16H21N3O. The van der Waals surface area contributed by atoms with E-state index in [1.165, 1.54) is 25.7 Å². The first-order valence-electron chi connectivity index (χ1n) is 7.59. The normalized spacial score (nSPS) is 29.9. The van der Waals surface area contributed by atoms with Gasteiger partial charge in [0.2, 0.25) is 0 Å². The molecule has 2 bridgehead atoms. The van der Waals surface area contributed by atoms with Crippen LogP contribution in [0.3, 0.4) is 0 Å². The summed E-state index contributed by atoms with van der Waals surface area (Å²) in [4.78, 5) is 7.04. The molecule has 2 atom stereocenters. The van der Waals surface area contributed by atoms with Crippen LogP contribution in [0.1, 0.15) is 25.7 Å². The maximum absolute atomic E-state index is 5.42. The van der Waals surface area contributed by atoms with Gasteiger partial charge in [-0.3, -0.25) is 0 Å². The largest absolute Gasteiger partial charge is 0.464 e. The van der Waals surface area contributed by atoms with Gasteiger partial charge in [-0.05, 0) is 50.8 Å². The number of anilines is 1. The third kappa shape index (κ3) is 1.99. The van der Waals surface area contributed by atoms with E-state index in [-0.39, 0.29) is 0 Å². The van der Waals surface area contributed by atoms with Crippen molar-refractivity contribution in [1.29, 1.82) is 0 Å². The van der Waals surface area contributed by atoms with Crippen molar-refractivity contribution < 1.29 is 4.42 Å². The van der Waals surface area contributed by atoms with Crippen molar-refractivity contribution in [2.24, 2.45) is 5.92 Å². The summed E-state index contributed by atoms with van der Waals surface area (Å²) in [5, 5.41) is 4.62. The van der Waals surface area contributed by atoms with Crippen LogP contribution >= 0.6 is 0 Å². The molecule has 1 N–H and O–H groups in total. The monoisotopic (exact) mass is 271 g/mol. The number of aromatic nitrogens is 1. The van der Waals surface area contributed by atoms with E-state index in [2.05, 4.69) is 22.2 Å². The topological polar surface area (TPSA) is 41.3 Å². The molecule has 0 aliphatic carbocycles. The summed E-state index contributed by atoms with van der Waals surface area (Å²) in [5.74, 6) is 1.73. The molecule has 2 aromatic rings. The van der Waals surface area contributed by atoms with Crippen LogP contribution in [0.2, 0.25) is 0 Å². The third-order valence-corrected chi connectivity index (χ3v) is 5.13. The quantitative estimate of drug-likeness (QED) is 0.931. The van der Waals surface area contributed by atoms with Crippen molar-refractivity contribution in [3.05, 3.63) is 24.6 Å². The van der Waals surface area contributed by atoms with Crippen LogP contribution in [0.5, 0.6) is 0 Å². The van der Waals surface area contributed by atoms with Gasteiger partial charge in [0.1, 0.15) is 11.4 Å². The van der Waals surface area contributed by atoms with Crippen molar-refractivity contribution >= 4 is 16.8 Å². The lowest BCUT2D eigenvalue weighted by Crippen LogP contribution is -2.41. The number of hydrogen-bond acceptors (Lipinski definition) is 4. The Morgan fingerprint density at radius 1 is 1.30 bits per heavy atom. The summed E-state index contributed by atoms with van der Waals surface area (Å²) >= 11 is 0. The van der Waals surface area contributed by atoms with E-state index in [0.29, 0.717) is 0 Å². The van der Waals surface area contributed by atoms with Crippen LogP contribution in [0.4, 0.5) is 5.82 Å². The Kier molecular flexibility index (Phi) is 2.91. The van der Waals surface area contributed by atoms with Crippen LogP contribution in [0, 0.1) is 5.92 Å². The second-order valence-corrected chi connectivity index (χ2v) is 6.26. The minimum absolute atomic E-state index is 0.771. The van der Waals surface area contributed by atoms with Crippen LogP contribution in [0.15, 0.2) is 29.0 Å². The average Bonchev–Trinajstić information content (AvgIpc) is 2.99. The molecule has 2 aromatic heterocycles.